The fourth-order valence-electron chi connectivity index (χ4n) is 2.22. The van der Waals surface area contributed by atoms with Gasteiger partial charge in [-0.1, -0.05) is 32.9 Å². The Morgan fingerprint density at radius 1 is 1.52 bits per heavy atom. The highest BCUT2D eigenvalue weighted by Gasteiger charge is 2.25. The maximum absolute atomic E-state index is 5.93. The molecular weight excluding hydrogens is 264 g/mol. The smallest absolute Gasteiger partial charge is 0.0726 e. The molecule has 5 nitrogen and oxygen atoms in total. The number of nitrogens with zero attached hydrogens (tertiary/aromatic N) is 2. The minimum atomic E-state index is 0.00213. The van der Waals surface area contributed by atoms with Crippen molar-refractivity contribution in [3.05, 3.63) is 29.6 Å². The number of ether oxygens (including phenoxy) is 1. The molecule has 1 rings (SSSR count). The summed E-state index contributed by atoms with van der Waals surface area (Å²) in [4.78, 5) is 0. The van der Waals surface area contributed by atoms with E-state index in [-0.39, 0.29) is 11.5 Å². The largest absolute Gasteiger partial charge is 0.376 e. The van der Waals surface area contributed by atoms with E-state index in [2.05, 4.69) is 44.0 Å². The van der Waals surface area contributed by atoms with Crippen molar-refractivity contribution in [2.75, 3.05) is 26.3 Å². The molecule has 0 saturated heterocycles. The molecule has 1 atom stereocenters. The normalized spacial score (nSPS) is 13.4. The third-order valence-corrected chi connectivity index (χ3v) is 3.16. The van der Waals surface area contributed by atoms with Crippen LogP contribution in [0.15, 0.2) is 18.3 Å². The molecule has 0 aliphatic carbocycles. The summed E-state index contributed by atoms with van der Waals surface area (Å²) in [6, 6.07) is 0.0985. The zero-order chi connectivity index (χ0) is 16.0. The molecule has 1 aromatic rings. The molecule has 0 aliphatic heterocycles. The van der Waals surface area contributed by atoms with Gasteiger partial charge in [-0.3, -0.25) is 4.68 Å². The molecule has 0 radical (unpaired) electrons. The number of aryl methyl sites for hydroxylation is 1. The van der Waals surface area contributed by atoms with Crippen LogP contribution in [0.5, 0.6) is 0 Å². The molecule has 120 valence electrons. The summed E-state index contributed by atoms with van der Waals surface area (Å²) >= 11 is 0. The molecule has 1 heterocycles. The van der Waals surface area contributed by atoms with Gasteiger partial charge in [-0.05, 0) is 6.92 Å². The highest BCUT2D eigenvalue weighted by atomic mass is 16.5. The van der Waals surface area contributed by atoms with Crippen LogP contribution in [0, 0.1) is 0 Å². The van der Waals surface area contributed by atoms with Crippen LogP contribution in [0.4, 0.5) is 0 Å². The predicted molar refractivity (Wildman–Crippen MR) is 87.3 cm³/mol. The Bertz CT molecular complexity index is 459. The second-order valence-corrected chi connectivity index (χ2v) is 6.61. The number of nitrogens with one attached hydrogen (secondary N) is 1. The van der Waals surface area contributed by atoms with Crippen LogP contribution >= 0.6 is 0 Å². The van der Waals surface area contributed by atoms with E-state index < -0.39 is 0 Å². The van der Waals surface area contributed by atoms with Gasteiger partial charge in [0.25, 0.3) is 0 Å². The molecule has 1 aromatic heterocycles. The Hall–Kier alpha value is -1.17. The zero-order valence-corrected chi connectivity index (χ0v) is 14.1. The lowest BCUT2D eigenvalue weighted by Gasteiger charge is -2.22. The predicted octanol–water partition coefficient (Wildman–Crippen LogP) is 1.90. The van der Waals surface area contributed by atoms with Crippen LogP contribution in [-0.4, -0.2) is 36.1 Å². The van der Waals surface area contributed by atoms with Crippen molar-refractivity contribution in [1.29, 1.82) is 0 Å². The van der Waals surface area contributed by atoms with Crippen LogP contribution in [0.3, 0.4) is 0 Å². The van der Waals surface area contributed by atoms with Gasteiger partial charge in [0.05, 0.1) is 18.9 Å². The minimum Gasteiger partial charge on any atom is -0.376 e. The molecule has 1 unspecified atom stereocenters. The molecule has 0 amide bonds. The quantitative estimate of drug-likeness (QED) is 0.568. The molecule has 0 aromatic carbocycles. The number of aromatic nitrogens is 2. The summed E-state index contributed by atoms with van der Waals surface area (Å²) < 4.78 is 7.36. The van der Waals surface area contributed by atoms with Gasteiger partial charge in [0.15, 0.2) is 0 Å². The lowest BCUT2D eigenvalue weighted by molar-refractivity contribution is 0.155. The summed E-state index contributed by atoms with van der Waals surface area (Å²) in [5.41, 5.74) is 9.24. The first kappa shape index (κ1) is 17.9. The molecule has 3 N–H and O–H groups in total. The lowest BCUT2D eigenvalue weighted by atomic mass is 9.87. The lowest BCUT2D eigenvalue weighted by Crippen LogP contribution is -2.32. The van der Waals surface area contributed by atoms with Gasteiger partial charge in [-0.15, -0.1) is 0 Å². The van der Waals surface area contributed by atoms with Crippen LogP contribution in [0.2, 0.25) is 0 Å². The SMILES string of the molecule is C=C(C)COCCNC(CN)c1cn(C)nc1C(C)(C)C. The third kappa shape index (κ3) is 5.61. The molecule has 0 bridgehead atoms. The Balaban J connectivity index is 2.66. The average molecular weight is 294 g/mol. The second-order valence-electron chi connectivity index (χ2n) is 6.61. The maximum atomic E-state index is 5.93. The van der Waals surface area contributed by atoms with E-state index in [1.54, 1.807) is 0 Å². The summed E-state index contributed by atoms with van der Waals surface area (Å²) in [6.07, 6.45) is 2.06. The average Bonchev–Trinajstić information content (AvgIpc) is 2.75. The Morgan fingerprint density at radius 3 is 2.71 bits per heavy atom. The molecule has 0 saturated carbocycles. The molecule has 0 aliphatic rings. The van der Waals surface area contributed by atoms with Gasteiger partial charge >= 0.3 is 0 Å². The Kier molecular flexibility index (Phi) is 6.58. The van der Waals surface area contributed by atoms with Crippen molar-refractivity contribution in [2.24, 2.45) is 12.8 Å². The van der Waals surface area contributed by atoms with Crippen LogP contribution < -0.4 is 11.1 Å². The van der Waals surface area contributed by atoms with Gasteiger partial charge in [0.2, 0.25) is 0 Å². The number of rotatable bonds is 8. The van der Waals surface area contributed by atoms with E-state index in [1.807, 2.05) is 18.7 Å². The van der Waals surface area contributed by atoms with E-state index in [0.717, 1.165) is 17.8 Å². The fraction of sp³-hybridized carbons (Fsp3) is 0.688. The standard InChI is InChI=1S/C16H30N4O/c1-12(2)11-21-8-7-18-14(9-17)13-10-20(6)19-15(13)16(3,4)5/h10,14,18H,1,7-9,11,17H2,2-6H3. The van der Waals surface area contributed by atoms with Gasteiger partial charge in [0, 0.05) is 43.4 Å². The third-order valence-electron chi connectivity index (χ3n) is 3.16. The van der Waals surface area contributed by atoms with Crippen molar-refractivity contribution in [3.8, 4) is 0 Å². The van der Waals surface area contributed by atoms with Gasteiger partial charge in [-0.2, -0.15) is 5.10 Å². The van der Waals surface area contributed by atoms with Crippen molar-refractivity contribution in [3.63, 3.8) is 0 Å². The first-order valence-electron chi connectivity index (χ1n) is 7.45. The Labute approximate surface area is 128 Å². The molecular formula is C16H30N4O. The highest BCUT2D eigenvalue weighted by molar-refractivity contribution is 5.27. The first-order chi connectivity index (χ1) is 9.75. The second kappa shape index (κ2) is 7.73. The summed E-state index contributed by atoms with van der Waals surface area (Å²) in [5.74, 6) is 0. The van der Waals surface area contributed by atoms with E-state index in [4.69, 9.17) is 10.5 Å². The number of nitrogens with two attached hydrogens (primary N) is 1. The highest BCUT2D eigenvalue weighted by Crippen LogP contribution is 2.27. The minimum absolute atomic E-state index is 0.00213. The topological polar surface area (TPSA) is 65.1 Å². The monoisotopic (exact) mass is 294 g/mol. The van der Waals surface area contributed by atoms with E-state index in [1.165, 1.54) is 5.56 Å². The van der Waals surface area contributed by atoms with Crippen molar-refractivity contribution >= 4 is 0 Å². The van der Waals surface area contributed by atoms with Crippen molar-refractivity contribution < 1.29 is 4.74 Å². The Morgan fingerprint density at radius 2 is 2.19 bits per heavy atom. The van der Waals surface area contributed by atoms with Gasteiger partial charge in [0.1, 0.15) is 0 Å². The first-order valence-corrected chi connectivity index (χ1v) is 7.45. The molecule has 5 heteroatoms. The van der Waals surface area contributed by atoms with Crippen LogP contribution in [0.25, 0.3) is 0 Å². The number of hydrogen-bond donors (Lipinski definition) is 2. The van der Waals surface area contributed by atoms with E-state index >= 15 is 0 Å². The summed E-state index contributed by atoms with van der Waals surface area (Å²) in [5, 5.41) is 8.05. The van der Waals surface area contributed by atoms with Gasteiger partial charge < -0.3 is 15.8 Å². The van der Waals surface area contributed by atoms with Crippen LogP contribution in [0.1, 0.15) is 45.0 Å². The molecule has 0 fully saturated rings. The van der Waals surface area contributed by atoms with Crippen molar-refractivity contribution in [1.82, 2.24) is 15.1 Å². The van der Waals surface area contributed by atoms with Gasteiger partial charge in [-0.25, -0.2) is 0 Å². The van der Waals surface area contributed by atoms with Crippen molar-refractivity contribution in [2.45, 2.75) is 39.2 Å². The number of hydrogen-bond acceptors (Lipinski definition) is 4. The van der Waals surface area contributed by atoms with E-state index in [9.17, 15) is 0 Å². The van der Waals surface area contributed by atoms with Crippen LogP contribution in [-0.2, 0) is 17.2 Å². The summed E-state index contributed by atoms with van der Waals surface area (Å²) in [6.45, 7) is 14.8. The molecule has 0 spiro atoms. The zero-order valence-electron chi connectivity index (χ0n) is 14.1. The fourth-order valence-corrected chi connectivity index (χ4v) is 2.22. The summed E-state index contributed by atoms with van der Waals surface area (Å²) in [7, 11) is 1.95. The maximum Gasteiger partial charge on any atom is 0.0726 e. The van der Waals surface area contributed by atoms with E-state index in [0.29, 0.717) is 19.8 Å². The molecule has 21 heavy (non-hydrogen) atoms.